The first-order valence-electron chi connectivity index (χ1n) is 9.84. The van der Waals surface area contributed by atoms with Crippen LogP contribution in [0.2, 0.25) is 0 Å². The van der Waals surface area contributed by atoms with Crippen LogP contribution in [0, 0.1) is 0 Å². The first-order valence-corrected chi connectivity index (χ1v) is 10.7. The van der Waals surface area contributed by atoms with Gasteiger partial charge in [-0.2, -0.15) is 0 Å². The predicted octanol–water partition coefficient (Wildman–Crippen LogP) is 4.05. The van der Waals surface area contributed by atoms with Crippen LogP contribution in [-0.4, -0.2) is 38.9 Å². The Morgan fingerprint density at radius 3 is 2.19 bits per heavy atom. The fraction of sp³-hybridized carbons (Fsp3) is 0.273. The Hall–Kier alpha value is -3.33. The van der Waals surface area contributed by atoms with Crippen LogP contribution < -0.4 is 15.4 Å². The van der Waals surface area contributed by atoms with E-state index in [9.17, 15) is 9.59 Å². The highest BCUT2D eigenvalue weighted by atomic mass is 32.2. The van der Waals surface area contributed by atoms with Gasteiger partial charge in [0, 0.05) is 30.4 Å². The lowest BCUT2D eigenvalue weighted by Crippen LogP contribution is -2.23. The third-order valence-electron chi connectivity index (χ3n) is 4.51. The van der Waals surface area contributed by atoms with Gasteiger partial charge in [0.15, 0.2) is 11.0 Å². The summed E-state index contributed by atoms with van der Waals surface area (Å²) in [5.74, 6) is 1.23. The van der Waals surface area contributed by atoms with Crippen LogP contribution in [0.5, 0.6) is 5.75 Å². The molecule has 1 heterocycles. The van der Waals surface area contributed by atoms with E-state index in [4.69, 9.17) is 4.74 Å². The van der Waals surface area contributed by atoms with E-state index in [0.717, 1.165) is 17.1 Å². The fourth-order valence-corrected chi connectivity index (χ4v) is 3.82. The number of amides is 2. The van der Waals surface area contributed by atoms with Crippen LogP contribution in [-0.2, 0) is 16.1 Å². The first-order chi connectivity index (χ1) is 14.9. The van der Waals surface area contributed by atoms with E-state index in [1.807, 2.05) is 42.7 Å². The molecule has 162 valence electrons. The van der Waals surface area contributed by atoms with Crippen molar-refractivity contribution in [2.24, 2.45) is 0 Å². The monoisotopic (exact) mass is 439 g/mol. The molecule has 0 aliphatic heterocycles. The summed E-state index contributed by atoms with van der Waals surface area (Å²) in [6.07, 6.45) is 0. The van der Waals surface area contributed by atoms with E-state index in [2.05, 4.69) is 20.8 Å². The highest BCUT2D eigenvalue weighted by molar-refractivity contribution is 8.00. The molecule has 0 spiro atoms. The third-order valence-corrected chi connectivity index (χ3v) is 5.59. The molecule has 31 heavy (non-hydrogen) atoms. The summed E-state index contributed by atoms with van der Waals surface area (Å²) >= 11 is 1.35. The molecule has 0 saturated heterocycles. The van der Waals surface area contributed by atoms with Crippen molar-refractivity contribution in [2.45, 2.75) is 37.7 Å². The molecule has 2 aromatic carbocycles. The minimum absolute atomic E-state index is 0.143. The van der Waals surface area contributed by atoms with Crippen LogP contribution in [0.3, 0.4) is 0 Å². The van der Waals surface area contributed by atoms with Crippen LogP contribution in [0.1, 0.15) is 20.8 Å². The lowest BCUT2D eigenvalue weighted by atomic mass is 10.2. The summed E-state index contributed by atoms with van der Waals surface area (Å²) in [6, 6.07) is 14.6. The maximum atomic E-state index is 12.7. The number of hydrogen-bond acceptors (Lipinski definition) is 6. The minimum atomic E-state index is -0.381. The lowest BCUT2D eigenvalue weighted by Gasteiger charge is -2.13. The maximum Gasteiger partial charge on any atom is 0.237 e. The van der Waals surface area contributed by atoms with Gasteiger partial charge in [-0.25, -0.2) is 0 Å². The third kappa shape index (κ3) is 5.64. The quantitative estimate of drug-likeness (QED) is 0.514. The van der Waals surface area contributed by atoms with Crippen LogP contribution in [0.4, 0.5) is 11.4 Å². The Kier molecular flexibility index (Phi) is 7.30. The second-order valence-electron chi connectivity index (χ2n) is 6.79. The van der Waals surface area contributed by atoms with Gasteiger partial charge >= 0.3 is 0 Å². The van der Waals surface area contributed by atoms with E-state index in [0.29, 0.717) is 23.1 Å². The van der Waals surface area contributed by atoms with E-state index in [-0.39, 0.29) is 17.1 Å². The second kappa shape index (κ2) is 10.1. The van der Waals surface area contributed by atoms with E-state index >= 15 is 0 Å². The molecule has 8 nitrogen and oxygen atoms in total. The van der Waals surface area contributed by atoms with Crippen molar-refractivity contribution in [3.63, 3.8) is 0 Å². The average molecular weight is 440 g/mol. The molecule has 1 atom stereocenters. The summed E-state index contributed by atoms with van der Waals surface area (Å²) in [4.78, 5) is 23.8. The molecule has 0 bridgehead atoms. The number of aromatic nitrogens is 3. The molecule has 3 rings (SSSR count). The highest BCUT2D eigenvalue weighted by Crippen LogP contribution is 2.28. The Labute approximate surface area is 185 Å². The van der Waals surface area contributed by atoms with Gasteiger partial charge < -0.3 is 19.9 Å². The standard InChI is InChI=1S/C22H25N5O3S/c1-5-27-20(16-6-12-19(30-4)13-7-16)25-26-22(27)31-14(2)21(29)24-18-10-8-17(9-11-18)23-15(3)28/h6-14H,5H2,1-4H3,(H,23,28)(H,24,29). The molecule has 9 heteroatoms. The van der Waals surface area contributed by atoms with Crippen molar-refractivity contribution in [1.82, 2.24) is 14.8 Å². The largest absolute Gasteiger partial charge is 0.497 e. The van der Waals surface area contributed by atoms with Gasteiger partial charge in [0.1, 0.15) is 5.75 Å². The number of carbonyl (C=O) groups is 2. The smallest absolute Gasteiger partial charge is 0.237 e. The van der Waals surface area contributed by atoms with Gasteiger partial charge in [-0.15, -0.1) is 10.2 Å². The van der Waals surface area contributed by atoms with Gasteiger partial charge in [0.2, 0.25) is 11.8 Å². The molecule has 1 unspecified atom stereocenters. The molecule has 1 aromatic heterocycles. The molecule has 0 aliphatic rings. The number of hydrogen-bond donors (Lipinski definition) is 2. The number of ether oxygens (including phenoxy) is 1. The van der Waals surface area contributed by atoms with E-state index in [1.165, 1.54) is 18.7 Å². The zero-order chi connectivity index (χ0) is 22.4. The molecular formula is C22H25N5O3S. The minimum Gasteiger partial charge on any atom is -0.497 e. The van der Waals surface area contributed by atoms with Crippen LogP contribution in [0.25, 0.3) is 11.4 Å². The lowest BCUT2D eigenvalue weighted by molar-refractivity contribution is -0.115. The summed E-state index contributed by atoms with van der Waals surface area (Å²) in [7, 11) is 1.63. The molecule has 0 aliphatic carbocycles. The zero-order valence-electron chi connectivity index (χ0n) is 17.9. The Bertz CT molecular complexity index is 1050. The van der Waals surface area contributed by atoms with E-state index in [1.54, 1.807) is 31.4 Å². The Morgan fingerprint density at radius 2 is 1.65 bits per heavy atom. The molecule has 2 amide bonds. The molecule has 0 saturated carbocycles. The second-order valence-corrected chi connectivity index (χ2v) is 8.09. The summed E-state index contributed by atoms with van der Waals surface area (Å²) in [5, 5.41) is 14.5. The average Bonchev–Trinajstić information content (AvgIpc) is 3.17. The number of methoxy groups -OCH3 is 1. The van der Waals surface area contributed by atoms with Crippen LogP contribution in [0.15, 0.2) is 53.7 Å². The molecule has 3 aromatic rings. The van der Waals surface area contributed by atoms with Gasteiger partial charge in [0.05, 0.1) is 12.4 Å². The van der Waals surface area contributed by atoms with Crippen LogP contribution >= 0.6 is 11.8 Å². The summed E-state index contributed by atoms with van der Waals surface area (Å²) in [5.41, 5.74) is 2.26. The Morgan fingerprint density at radius 1 is 1.03 bits per heavy atom. The maximum absolute atomic E-state index is 12.7. The van der Waals surface area contributed by atoms with Crippen molar-refractivity contribution in [3.05, 3.63) is 48.5 Å². The van der Waals surface area contributed by atoms with Crippen molar-refractivity contribution in [2.75, 3.05) is 17.7 Å². The van der Waals surface area contributed by atoms with E-state index < -0.39 is 0 Å². The van der Waals surface area contributed by atoms with Crippen molar-refractivity contribution in [3.8, 4) is 17.1 Å². The zero-order valence-corrected chi connectivity index (χ0v) is 18.7. The molecule has 2 N–H and O–H groups in total. The number of nitrogens with one attached hydrogen (secondary N) is 2. The van der Waals surface area contributed by atoms with Crippen molar-refractivity contribution >= 4 is 35.0 Å². The number of anilines is 2. The topological polar surface area (TPSA) is 98.1 Å². The van der Waals surface area contributed by atoms with Crippen molar-refractivity contribution in [1.29, 1.82) is 0 Å². The van der Waals surface area contributed by atoms with Gasteiger partial charge in [-0.05, 0) is 62.4 Å². The fourth-order valence-electron chi connectivity index (χ4n) is 2.91. The van der Waals surface area contributed by atoms with Gasteiger partial charge in [-0.3, -0.25) is 9.59 Å². The van der Waals surface area contributed by atoms with Crippen molar-refractivity contribution < 1.29 is 14.3 Å². The SMILES string of the molecule is CCn1c(SC(C)C(=O)Nc2ccc(NC(C)=O)cc2)nnc1-c1ccc(OC)cc1. The Balaban J connectivity index is 1.68. The number of nitrogens with zero attached hydrogens (tertiary/aromatic N) is 3. The number of thioether (sulfide) groups is 1. The first kappa shape index (κ1) is 22.4. The molecule has 0 radical (unpaired) electrons. The van der Waals surface area contributed by atoms with Gasteiger partial charge in [-0.1, -0.05) is 11.8 Å². The number of carbonyl (C=O) groups excluding carboxylic acids is 2. The highest BCUT2D eigenvalue weighted by Gasteiger charge is 2.20. The van der Waals surface area contributed by atoms with Gasteiger partial charge in [0.25, 0.3) is 0 Å². The number of rotatable bonds is 8. The normalized spacial score (nSPS) is 11.6. The summed E-state index contributed by atoms with van der Waals surface area (Å²) in [6.45, 7) is 5.97. The number of benzene rings is 2. The molecular weight excluding hydrogens is 414 g/mol. The molecule has 0 fully saturated rings. The summed E-state index contributed by atoms with van der Waals surface area (Å²) < 4.78 is 7.19. The predicted molar refractivity (Wildman–Crippen MR) is 122 cm³/mol.